The van der Waals surface area contributed by atoms with E-state index in [2.05, 4.69) is 55.2 Å². The molecule has 0 unspecified atom stereocenters. The van der Waals surface area contributed by atoms with Crippen molar-refractivity contribution >= 4 is 19.1 Å². The molecular weight excluding hydrogens is 291 g/mol. The Morgan fingerprint density at radius 1 is 0.864 bits per heavy atom. The zero-order valence-electron chi connectivity index (χ0n) is 13.5. The van der Waals surface area contributed by atoms with Crippen molar-refractivity contribution in [3.05, 3.63) is 71.5 Å². The summed E-state index contributed by atoms with van der Waals surface area (Å²) < 4.78 is 12.2. The van der Waals surface area contributed by atoms with E-state index in [9.17, 15) is 0 Å². The van der Waals surface area contributed by atoms with Crippen LogP contribution in [0.15, 0.2) is 60.4 Å². The van der Waals surface area contributed by atoms with Gasteiger partial charge >= 0.3 is 7.72 Å². The van der Waals surface area contributed by atoms with Gasteiger partial charge in [0.05, 0.1) is 13.2 Å². The summed E-state index contributed by atoms with van der Waals surface area (Å²) in [5, 5.41) is 1.11. The molecule has 0 radical (unpaired) electrons. The Morgan fingerprint density at radius 3 is 2.00 bits per heavy atom. The summed E-state index contributed by atoms with van der Waals surface area (Å²) in [7, 11) is -2.21. The van der Waals surface area contributed by atoms with Crippen molar-refractivity contribution in [2.24, 2.45) is 0 Å². The van der Waals surface area contributed by atoms with E-state index >= 15 is 0 Å². The lowest BCUT2D eigenvalue weighted by atomic mass is 10.2. The predicted molar refractivity (Wildman–Crippen MR) is 96.5 cm³/mol. The minimum atomic E-state index is -2.21. The van der Waals surface area contributed by atoms with Crippen LogP contribution in [0.2, 0.25) is 0 Å². The van der Waals surface area contributed by atoms with Gasteiger partial charge in [-0.1, -0.05) is 48.0 Å². The van der Waals surface area contributed by atoms with Crippen LogP contribution in [0.1, 0.15) is 25.0 Å². The molecule has 2 nitrogen and oxygen atoms in total. The molecule has 0 aliphatic heterocycles. The van der Waals surface area contributed by atoms with Crippen LogP contribution >= 0.6 is 7.72 Å². The van der Waals surface area contributed by atoms with Crippen LogP contribution in [-0.2, 0) is 9.05 Å². The fourth-order valence-electron chi connectivity index (χ4n) is 2.24. The highest BCUT2D eigenvalue weighted by molar-refractivity contribution is 7.77. The van der Waals surface area contributed by atoms with Crippen LogP contribution in [0.25, 0.3) is 6.08 Å². The molecule has 0 aliphatic carbocycles. The number of hydrogen-bond donors (Lipinski definition) is 0. The fraction of sp³-hybridized carbons (Fsp3) is 0.263. The number of benzene rings is 2. The zero-order chi connectivity index (χ0) is 15.8. The maximum absolute atomic E-state index is 6.10. The van der Waals surface area contributed by atoms with E-state index in [1.807, 2.05) is 32.0 Å². The lowest BCUT2D eigenvalue weighted by Crippen LogP contribution is -2.15. The molecule has 0 bridgehead atoms. The molecule has 3 heteroatoms. The van der Waals surface area contributed by atoms with Gasteiger partial charge in [0, 0.05) is 0 Å². The van der Waals surface area contributed by atoms with E-state index < -0.39 is 7.72 Å². The third-order valence-corrected chi connectivity index (χ3v) is 6.14. The van der Waals surface area contributed by atoms with Gasteiger partial charge in [0.2, 0.25) is 0 Å². The molecule has 0 atom stereocenters. The van der Waals surface area contributed by atoms with Crippen LogP contribution in [0.3, 0.4) is 0 Å². The monoisotopic (exact) mass is 315 g/mol. The van der Waals surface area contributed by atoms with Gasteiger partial charge in [0.15, 0.2) is 5.30 Å². The first kappa shape index (κ1) is 16.9. The lowest BCUT2D eigenvalue weighted by molar-refractivity contribution is 0.265. The average Bonchev–Trinajstić information content (AvgIpc) is 2.55. The minimum Gasteiger partial charge on any atom is -0.196 e. The fourth-order valence-corrected chi connectivity index (χ4v) is 4.68. The summed E-state index contributed by atoms with van der Waals surface area (Å²) in [4.78, 5) is 0. The molecule has 22 heavy (non-hydrogen) atoms. The quantitative estimate of drug-likeness (QED) is 0.653. The SMILES string of the molecule is CCO[P+](/C=C\c1ccc(C)cc1)(OCC)c1ccccc1. The lowest BCUT2D eigenvalue weighted by Gasteiger charge is -2.19. The van der Waals surface area contributed by atoms with Crippen molar-refractivity contribution in [3.63, 3.8) is 0 Å². The summed E-state index contributed by atoms with van der Waals surface area (Å²) in [6, 6.07) is 18.7. The molecule has 0 heterocycles. The van der Waals surface area contributed by atoms with Crippen molar-refractivity contribution in [2.75, 3.05) is 13.2 Å². The molecule has 0 N–H and O–H groups in total. The average molecular weight is 315 g/mol. The summed E-state index contributed by atoms with van der Waals surface area (Å²) in [6.45, 7) is 7.36. The zero-order valence-corrected chi connectivity index (χ0v) is 14.4. The Labute approximate surface area is 134 Å². The topological polar surface area (TPSA) is 18.5 Å². The van der Waals surface area contributed by atoms with Gasteiger partial charge < -0.3 is 0 Å². The molecule has 116 valence electrons. The first-order valence-corrected chi connectivity index (χ1v) is 9.39. The summed E-state index contributed by atoms with van der Waals surface area (Å²) in [5.41, 5.74) is 2.42. The van der Waals surface area contributed by atoms with Crippen LogP contribution in [0.4, 0.5) is 0 Å². The van der Waals surface area contributed by atoms with Crippen molar-refractivity contribution < 1.29 is 9.05 Å². The summed E-state index contributed by atoms with van der Waals surface area (Å²) in [6.07, 6.45) is 2.10. The Morgan fingerprint density at radius 2 is 1.45 bits per heavy atom. The summed E-state index contributed by atoms with van der Waals surface area (Å²) >= 11 is 0. The first-order valence-electron chi connectivity index (χ1n) is 7.69. The molecule has 0 aromatic heterocycles. The molecule has 0 saturated carbocycles. The van der Waals surface area contributed by atoms with Gasteiger partial charge in [-0.15, -0.1) is 0 Å². The van der Waals surface area contributed by atoms with E-state index in [4.69, 9.17) is 9.05 Å². The molecule has 0 amide bonds. The first-order chi connectivity index (χ1) is 10.7. The maximum atomic E-state index is 6.10. The maximum Gasteiger partial charge on any atom is 0.332 e. The van der Waals surface area contributed by atoms with Crippen molar-refractivity contribution in [1.82, 2.24) is 0 Å². The highest BCUT2D eigenvalue weighted by Gasteiger charge is 2.42. The van der Waals surface area contributed by atoms with Gasteiger partial charge in [-0.25, -0.2) is 0 Å². The molecule has 2 aromatic carbocycles. The molecule has 0 fully saturated rings. The predicted octanol–water partition coefficient (Wildman–Crippen LogP) is 5.21. The second-order valence-electron chi connectivity index (χ2n) is 4.99. The van der Waals surface area contributed by atoms with Gasteiger partial charge in [-0.2, -0.15) is 9.05 Å². The Kier molecular flexibility index (Phi) is 6.33. The van der Waals surface area contributed by atoms with Gasteiger partial charge in [-0.3, -0.25) is 0 Å². The Bertz CT molecular complexity index is 585. The smallest absolute Gasteiger partial charge is 0.196 e. The third-order valence-electron chi connectivity index (χ3n) is 3.30. The summed E-state index contributed by atoms with van der Waals surface area (Å²) in [5.74, 6) is 2.11. The highest BCUT2D eigenvalue weighted by atomic mass is 31.2. The normalized spacial score (nSPS) is 12.0. The van der Waals surface area contributed by atoms with Crippen LogP contribution in [-0.4, -0.2) is 13.2 Å². The second kappa shape index (κ2) is 8.24. The Hall–Kier alpha value is -1.47. The van der Waals surface area contributed by atoms with Gasteiger partial charge in [-0.05, 0) is 44.5 Å². The van der Waals surface area contributed by atoms with E-state index in [1.165, 1.54) is 5.56 Å². The van der Waals surface area contributed by atoms with Crippen molar-refractivity contribution in [2.45, 2.75) is 20.8 Å². The molecule has 0 aliphatic rings. The number of rotatable bonds is 7. The molecule has 0 saturated heterocycles. The molecule has 2 aromatic rings. The highest BCUT2D eigenvalue weighted by Crippen LogP contribution is 2.61. The van der Waals surface area contributed by atoms with Crippen molar-refractivity contribution in [1.29, 1.82) is 0 Å². The van der Waals surface area contributed by atoms with E-state index in [-0.39, 0.29) is 0 Å². The van der Waals surface area contributed by atoms with Crippen LogP contribution < -0.4 is 5.30 Å². The second-order valence-corrected chi connectivity index (χ2v) is 7.52. The van der Waals surface area contributed by atoms with Crippen LogP contribution in [0, 0.1) is 6.92 Å². The van der Waals surface area contributed by atoms with Crippen LogP contribution in [0.5, 0.6) is 0 Å². The number of hydrogen-bond acceptors (Lipinski definition) is 2. The minimum absolute atomic E-state index is 0.626. The largest absolute Gasteiger partial charge is 0.332 e. The number of aryl methyl sites for hydroxylation is 1. The van der Waals surface area contributed by atoms with E-state index in [1.54, 1.807) is 0 Å². The van der Waals surface area contributed by atoms with E-state index in [0.29, 0.717) is 13.2 Å². The van der Waals surface area contributed by atoms with Gasteiger partial charge in [0.1, 0.15) is 5.82 Å². The molecular formula is C19H24O2P+. The standard InChI is InChI=1S/C19H24O2P/c1-4-20-22(21-5-2,19-9-7-6-8-10-19)16-15-18-13-11-17(3)12-14-18/h6-16H,4-5H2,1-3H3/q+1/b16-15-. The van der Waals surface area contributed by atoms with Crippen molar-refractivity contribution in [3.8, 4) is 0 Å². The van der Waals surface area contributed by atoms with Gasteiger partial charge in [0.25, 0.3) is 0 Å². The molecule has 0 spiro atoms. The molecule has 2 rings (SSSR count). The third kappa shape index (κ3) is 4.27. The Balaban J connectivity index is 2.36. The van der Waals surface area contributed by atoms with E-state index in [0.717, 1.165) is 10.9 Å².